The third-order valence-electron chi connectivity index (χ3n) is 5.49. The molecule has 3 N–H and O–H groups in total. The fraction of sp³-hybridized carbons (Fsp3) is 0.429. The minimum Gasteiger partial charge on any atom is -0.384 e. The predicted molar refractivity (Wildman–Crippen MR) is 107 cm³/mol. The number of rotatable bonds is 5. The van der Waals surface area contributed by atoms with Gasteiger partial charge in [-0.2, -0.15) is 13.2 Å². The number of carbonyl (C=O) groups is 1. The lowest BCUT2D eigenvalue weighted by Gasteiger charge is -2.30. The van der Waals surface area contributed by atoms with Gasteiger partial charge >= 0.3 is 6.18 Å². The number of aromatic nitrogens is 1. The van der Waals surface area contributed by atoms with Crippen LogP contribution in [0.3, 0.4) is 0 Å². The minimum atomic E-state index is -4.56. The number of pyridine rings is 1. The second kappa shape index (κ2) is 8.61. The Morgan fingerprint density at radius 3 is 2.48 bits per heavy atom. The molecule has 2 aromatic rings. The first-order valence-corrected chi connectivity index (χ1v) is 9.90. The van der Waals surface area contributed by atoms with Crippen LogP contribution in [0.5, 0.6) is 0 Å². The molecule has 0 saturated heterocycles. The molecule has 156 valence electrons. The molecular weight excluding hydrogens is 403 g/mol. The van der Waals surface area contributed by atoms with E-state index in [1.165, 1.54) is 0 Å². The van der Waals surface area contributed by atoms with Gasteiger partial charge in [-0.3, -0.25) is 9.78 Å². The highest BCUT2D eigenvalue weighted by Gasteiger charge is 2.34. The third-order valence-corrected chi connectivity index (χ3v) is 5.91. The molecule has 0 bridgehead atoms. The number of nitrogens with two attached hydrogens (primary N) is 1. The molecule has 0 spiro atoms. The zero-order valence-electron chi connectivity index (χ0n) is 16.0. The van der Waals surface area contributed by atoms with Gasteiger partial charge in [0, 0.05) is 12.2 Å². The number of primary amides is 1. The molecule has 1 aromatic heterocycles. The number of benzene rings is 1. The number of aryl methyl sites for hydroxylation is 1. The highest BCUT2D eigenvalue weighted by atomic mass is 35.5. The molecule has 0 radical (unpaired) electrons. The molecule has 1 aliphatic rings. The van der Waals surface area contributed by atoms with Crippen molar-refractivity contribution in [2.45, 2.75) is 44.7 Å². The van der Waals surface area contributed by atoms with Crippen LogP contribution >= 0.6 is 11.6 Å². The molecule has 8 heteroatoms. The molecule has 0 unspecified atom stereocenters. The summed E-state index contributed by atoms with van der Waals surface area (Å²) in [5.41, 5.74) is 6.35. The zero-order chi connectivity index (χ0) is 21.2. The maximum Gasteiger partial charge on any atom is 0.416 e. The Labute approximate surface area is 172 Å². The average molecular weight is 426 g/mol. The summed E-state index contributed by atoms with van der Waals surface area (Å²) in [5, 5.41) is 3.40. The quantitative estimate of drug-likeness (QED) is 0.660. The lowest BCUT2D eigenvalue weighted by molar-refractivity contribution is -0.137. The Morgan fingerprint density at radius 1 is 1.24 bits per heavy atom. The molecule has 1 amide bonds. The van der Waals surface area contributed by atoms with Gasteiger partial charge in [0.15, 0.2) is 0 Å². The van der Waals surface area contributed by atoms with Gasteiger partial charge in [0.05, 0.1) is 28.0 Å². The summed E-state index contributed by atoms with van der Waals surface area (Å²) in [6.07, 6.45) is 0.349. The van der Waals surface area contributed by atoms with E-state index in [0.29, 0.717) is 24.3 Å². The fourth-order valence-corrected chi connectivity index (χ4v) is 4.16. The lowest BCUT2D eigenvalue weighted by atomic mass is 9.78. The molecular formula is C21H23ClF3N3O. The normalized spacial score (nSPS) is 19.8. The lowest BCUT2D eigenvalue weighted by Crippen LogP contribution is -2.22. The largest absolute Gasteiger partial charge is 0.416 e. The molecule has 1 aliphatic carbocycles. The maximum atomic E-state index is 13.3. The van der Waals surface area contributed by atoms with Crippen LogP contribution in [0.4, 0.5) is 18.9 Å². The molecule has 29 heavy (non-hydrogen) atoms. The van der Waals surface area contributed by atoms with Crippen molar-refractivity contribution >= 4 is 23.2 Å². The average Bonchev–Trinajstić information content (AvgIpc) is 2.67. The minimum absolute atomic E-state index is 0.0396. The fourth-order valence-electron chi connectivity index (χ4n) is 3.80. The van der Waals surface area contributed by atoms with Crippen LogP contribution in [0.25, 0.3) is 0 Å². The third kappa shape index (κ3) is 5.21. The molecule has 1 saturated carbocycles. The summed E-state index contributed by atoms with van der Waals surface area (Å²) in [7, 11) is 0. The Balaban J connectivity index is 1.69. The number of nitrogens with zero attached hydrogens (tertiary/aromatic N) is 1. The Hall–Kier alpha value is -2.28. The number of amides is 1. The van der Waals surface area contributed by atoms with Gasteiger partial charge in [-0.15, -0.1) is 0 Å². The van der Waals surface area contributed by atoms with E-state index >= 15 is 0 Å². The second-order valence-electron chi connectivity index (χ2n) is 7.58. The van der Waals surface area contributed by atoms with Crippen molar-refractivity contribution < 1.29 is 18.0 Å². The first-order valence-electron chi connectivity index (χ1n) is 9.52. The number of carbonyl (C=O) groups excluding carboxylic acids is 1. The van der Waals surface area contributed by atoms with Gasteiger partial charge in [-0.25, -0.2) is 0 Å². The predicted octanol–water partition coefficient (Wildman–Crippen LogP) is 5.55. The van der Waals surface area contributed by atoms with Gasteiger partial charge in [0.25, 0.3) is 0 Å². The van der Waals surface area contributed by atoms with Gasteiger partial charge < -0.3 is 11.1 Å². The van der Waals surface area contributed by atoms with E-state index in [9.17, 15) is 18.0 Å². The number of hydrogen-bond donors (Lipinski definition) is 2. The SMILES string of the molecule is Cc1ccc(NCC2CCC(c3cc(C(F)(F)F)cc(C(N)=O)c3Cl)CC2)cn1. The highest BCUT2D eigenvalue weighted by molar-refractivity contribution is 6.34. The van der Waals surface area contributed by atoms with E-state index < -0.39 is 17.6 Å². The van der Waals surface area contributed by atoms with Gasteiger partial charge in [0.1, 0.15) is 0 Å². The monoisotopic (exact) mass is 425 g/mol. The number of nitrogens with one attached hydrogen (secondary N) is 1. The van der Waals surface area contributed by atoms with E-state index in [-0.39, 0.29) is 16.5 Å². The Bertz CT molecular complexity index is 876. The molecule has 3 rings (SSSR count). The number of anilines is 1. The highest BCUT2D eigenvalue weighted by Crippen LogP contribution is 2.42. The molecule has 1 heterocycles. The summed E-state index contributed by atoms with van der Waals surface area (Å²) in [6, 6.07) is 5.71. The van der Waals surface area contributed by atoms with Crippen LogP contribution in [0.1, 0.15) is 58.8 Å². The smallest absolute Gasteiger partial charge is 0.384 e. The summed E-state index contributed by atoms with van der Waals surface area (Å²) < 4.78 is 39.8. The first kappa shape index (κ1) is 21.4. The van der Waals surface area contributed by atoms with Crippen molar-refractivity contribution in [3.05, 3.63) is 57.9 Å². The molecule has 4 nitrogen and oxygen atoms in total. The topological polar surface area (TPSA) is 68.0 Å². The summed E-state index contributed by atoms with van der Waals surface area (Å²) >= 11 is 6.26. The van der Waals surface area contributed by atoms with Crippen molar-refractivity contribution in [2.75, 3.05) is 11.9 Å². The summed E-state index contributed by atoms with van der Waals surface area (Å²) in [4.78, 5) is 15.8. The van der Waals surface area contributed by atoms with Gasteiger partial charge in [-0.05, 0) is 74.3 Å². The van der Waals surface area contributed by atoms with Crippen molar-refractivity contribution in [3.63, 3.8) is 0 Å². The van der Waals surface area contributed by atoms with E-state index in [0.717, 1.165) is 42.9 Å². The van der Waals surface area contributed by atoms with E-state index in [4.69, 9.17) is 17.3 Å². The van der Waals surface area contributed by atoms with Crippen molar-refractivity contribution in [1.82, 2.24) is 4.98 Å². The molecule has 0 aliphatic heterocycles. The first-order chi connectivity index (χ1) is 13.6. The van der Waals surface area contributed by atoms with E-state index in [1.54, 1.807) is 6.20 Å². The van der Waals surface area contributed by atoms with Gasteiger partial charge in [0.2, 0.25) is 5.91 Å². The van der Waals surface area contributed by atoms with E-state index in [1.807, 2.05) is 19.1 Å². The van der Waals surface area contributed by atoms with Crippen LogP contribution in [-0.4, -0.2) is 17.4 Å². The zero-order valence-corrected chi connectivity index (χ0v) is 16.8. The van der Waals surface area contributed by atoms with Crippen molar-refractivity contribution in [3.8, 4) is 0 Å². The summed E-state index contributed by atoms with van der Waals surface area (Å²) in [6.45, 7) is 2.70. The maximum absolute atomic E-state index is 13.3. The summed E-state index contributed by atoms with van der Waals surface area (Å²) in [5.74, 6) is -0.667. The Kier molecular flexibility index (Phi) is 6.36. The number of halogens is 4. The molecule has 0 atom stereocenters. The van der Waals surface area contributed by atoms with Crippen molar-refractivity contribution in [2.24, 2.45) is 11.7 Å². The van der Waals surface area contributed by atoms with Crippen LogP contribution < -0.4 is 11.1 Å². The van der Waals surface area contributed by atoms with Crippen molar-refractivity contribution in [1.29, 1.82) is 0 Å². The van der Waals surface area contributed by atoms with Crippen LogP contribution in [0.2, 0.25) is 5.02 Å². The second-order valence-corrected chi connectivity index (χ2v) is 7.95. The Morgan fingerprint density at radius 2 is 1.93 bits per heavy atom. The molecule has 1 aromatic carbocycles. The van der Waals surface area contributed by atoms with E-state index in [2.05, 4.69) is 10.3 Å². The van der Waals surface area contributed by atoms with Crippen LogP contribution in [0, 0.1) is 12.8 Å². The number of alkyl halides is 3. The van der Waals surface area contributed by atoms with Gasteiger partial charge in [-0.1, -0.05) is 11.6 Å². The van der Waals surface area contributed by atoms with Crippen LogP contribution in [-0.2, 0) is 6.18 Å². The number of hydrogen-bond acceptors (Lipinski definition) is 3. The molecule has 1 fully saturated rings. The van der Waals surface area contributed by atoms with Crippen LogP contribution in [0.15, 0.2) is 30.5 Å². The standard InChI is InChI=1S/C21H23ClF3N3O/c1-12-2-7-16(11-27-12)28-10-13-3-5-14(6-4-13)17-8-15(21(23,24)25)9-18(19(17)22)20(26)29/h2,7-9,11,13-14,28H,3-6,10H2,1H3,(H2,26,29).